The van der Waals surface area contributed by atoms with Crippen LogP contribution in [-0.2, 0) is 0 Å². The number of aliphatic hydroxyl groups is 2. The second kappa shape index (κ2) is 5.51. The summed E-state index contributed by atoms with van der Waals surface area (Å²) in [7, 11) is 0. The van der Waals surface area contributed by atoms with Crippen molar-refractivity contribution in [2.24, 2.45) is 0 Å². The van der Waals surface area contributed by atoms with Crippen molar-refractivity contribution in [3.05, 3.63) is 0 Å². The van der Waals surface area contributed by atoms with Gasteiger partial charge in [-0.1, -0.05) is 0 Å². The van der Waals surface area contributed by atoms with Crippen molar-refractivity contribution < 1.29 is 10.2 Å². The average Bonchev–Trinajstić information content (AvgIpc) is 2.52. The minimum Gasteiger partial charge on any atom is -0.396 e. The largest absolute Gasteiger partial charge is 0.396 e. The Labute approximate surface area is 74.0 Å². The maximum atomic E-state index is 9.00. The minimum absolute atomic E-state index is 0.289. The molecular weight excluding hydrogens is 154 g/mol. The summed E-state index contributed by atoms with van der Waals surface area (Å²) < 4.78 is 0. The average molecular weight is 173 g/mol. The molecule has 3 heteroatoms. The molecule has 1 atom stereocenters. The van der Waals surface area contributed by atoms with Crippen molar-refractivity contribution in [1.29, 1.82) is 0 Å². The highest BCUT2D eigenvalue weighted by atomic mass is 16.3. The van der Waals surface area contributed by atoms with Crippen LogP contribution in [0, 0.1) is 0 Å². The number of unbranched alkanes of at least 4 members (excludes halogenated alkanes) is 1. The molecule has 0 spiro atoms. The Kier molecular flexibility index (Phi) is 4.58. The normalized spacial score (nSPS) is 25.0. The van der Waals surface area contributed by atoms with Gasteiger partial charge in [-0.25, -0.2) is 0 Å². The van der Waals surface area contributed by atoms with E-state index in [4.69, 9.17) is 10.2 Å². The monoisotopic (exact) mass is 173 g/mol. The van der Waals surface area contributed by atoms with Gasteiger partial charge in [0.25, 0.3) is 0 Å². The number of likely N-dealkylation sites (tertiary alicyclic amines) is 1. The number of aliphatic hydroxyl groups excluding tert-OH is 2. The van der Waals surface area contributed by atoms with Gasteiger partial charge in [0.15, 0.2) is 0 Å². The molecule has 1 unspecified atom stereocenters. The van der Waals surface area contributed by atoms with Gasteiger partial charge in [-0.05, 0) is 38.8 Å². The molecule has 0 amide bonds. The van der Waals surface area contributed by atoms with Gasteiger partial charge in [-0.3, -0.25) is 4.90 Å². The van der Waals surface area contributed by atoms with E-state index >= 15 is 0 Å². The highest BCUT2D eigenvalue weighted by Crippen LogP contribution is 2.16. The van der Waals surface area contributed by atoms with Crippen LogP contribution in [0.3, 0.4) is 0 Å². The van der Waals surface area contributed by atoms with Gasteiger partial charge in [0, 0.05) is 12.6 Å². The summed E-state index contributed by atoms with van der Waals surface area (Å²) in [6, 6.07) is 0.392. The summed E-state index contributed by atoms with van der Waals surface area (Å²) in [4.78, 5) is 2.33. The van der Waals surface area contributed by atoms with Crippen LogP contribution in [0.4, 0.5) is 0 Å². The van der Waals surface area contributed by atoms with Crippen LogP contribution in [0.2, 0.25) is 0 Å². The standard InChI is InChI=1S/C9H19NO2/c11-7-2-1-5-10-6-3-4-9(10)8-12/h9,11-12H,1-8H2. The van der Waals surface area contributed by atoms with E-state index in [0.717, 1.165) is 32.4 Å². The summed E-state index contributed by atoms with van der Waals surface area (Å²) >= 11 is 0. The molecule has 1 rings (SSSR count). The maximum Gasteiger partial charge on any atom is 0.0586 e. The van der Waals surface area contributed by atoms with E-state index in [1.165, 1.54) is 6.42 Å². The van der Waals surface area contributed by atoms with Crippen LogP contribution < -0.4 is 0 Å². The third-order valence-corrected chi connectivity index (χ3v) is 2.56. The lowest BCUT2D eigenvalue weighted by atomic mass is 10.2. The van der Waals surface area contributed by atoms with E-state index in [0.29, 0.717) is 12.6 Å². The van der Waals surface area contributed by atoms with Gasteiger partial charge < -0.3 is 10.2 Å². The molecule has 0 aromatic rings. The second-order valence-electron chi connectivity index (χ2n) is 3.45. The number of hydrogen-bond donors (Lipinski definition) is 2. The predicted molar refractivity (Wildman–Crippen MR) is 48.0 cm³/mol. The number of nitrogens with zero attached hydrogens (tertiary/aromatic N) is 1. The van der Waals surface area contributed by atoms with E-state index in [2.05, 4.69) is 4.90 Å². The van der Waals surface area contributed by atoms with E-state index < -0.39 is 0 Å². The SMILES string of the molecule is OCCCCN1CCCC1CO. The van der Waals surface area contributed by atoms with E-state index in [9.17, 15) is 0 Å². The molecule has 0 radical (unpaired) electrons. The Morgan fingerprint density at radius 2 is 2.08 bits per heavy atom. The van der Waals surface area contributed by atoms with Gasteiger partial charge in [-0.2, -0.15) is 0 Å². The van der Waals surface area contributed by atoms with Gasteiger partial charge in [0.2, 0.25) is 0 Å². The molecule has 0 saturated carbocycles. The number of rotatable bonds is 5. The Hall–Kier alpha value is -0.120. The van der Waals surface area contributed by atoms with Crippen LogP contribution >= 0.6 is 0 Å². The highest BCUT2D eigenvalue weighted by molar-refractivity contribution is 4.77. The van der Waals surface area contributed by atoms with Gasteiger partial charge in [0.1, 0.15) is 0 Å². The zero-order valence-electron chi connectivity index (χ0n) is 7.58. The van der Waals surface area contributed by atoms with E-state index in [-0.39, 0.29) is 6.61 Å². The first-order valence-electron chi connectivity index (χ1n) is 4.84. The Balaban J connectivity index is 2.12. The quantitative estimate of drug-likeness (QED) is 0.584. The van der Waals surface area contributed by atoms with Crippen molar-refractivity contribution in [2.75, 3.05) is 26.3 Å². The summed E-state index contributed by atoms with van der Waals surface area (Å²) in [6.45, 7) is 2.74. The van der Waals surface area contributed by atoms with Crippen LogP contribution in [0.5, 0.6) is 0 Å². The lowest BCUT2D eigenvalue weighted by Gasteiger charge is -2.22. The van der Waals surface area contributed by atoms with Crippen LogP contribution in [0.25, 0.3) is 0 Å². The van der Waals surface area contributed by atoms with Gasteiger partial charge >= 0.3 is 0 Å². The highest BCUT2D eigenvalue weighted by Gasteiger charge is 2.22. The summed E-state index contributed by atoms with van der Waals surface area (Å²) in [6.07, 6.45) is 4.28. The summed E-state index contributed by atoms with van der Waals surface area (Å²) in [5.74, 6) is 0. The first kappa shape index (κ1) is 9.96. The van der Waals surface area contributed by atoms with E-state index in [1.54, 1.807) is 0 Å². The van der Waals surface area contributed by atoms with Crippen molar-refractivity contribution >= 4 is 0 Å². The van der Waals surface area contributed by atoms with Crippen LogP contribution in [0.1, 0.15) is 25.7 Å². The van der Waals surface area contributed by atoms with Crippen molar-refractivity contribution in [3.63, 3.8) is 0 Å². The fraction of sp³-hybridized carbons (Fsp3) is 1.00. The van der Waals surface area contributed by atoms with Crippen molar-refractivity contribution in [1.82, 2.24) is 4.90 Å². The topological polar surface area (TPSA) is 43.7 Å². The molecule has 72 valence electrons. The fourth-order valence-electron chi connectivity index (χ4n) is 1.82. The molecule has 3 nitrogen and oxygen atoms in total. The lowest BCUT2D eigenvalue weighted by molar-refractivity contribution is 0.154. The molecule has 1 aliphatic heterocycles. The van der Waals surface area contributed by atoms with Crippen molar-refractivity contribution in [2.45, 2.75) is 31.7 Å². The molecule has 1 fully saturated rings. The molecular formula is C9H19NO2. The number of hydrogen-bond acceptors (Lipinski definition) is 3. The fourth-order valence-corrected chi connectivity index (χ4v) is 1.82. The third-order valence-electron chi connectivity index (χ3n) is 2.56. The lowest BCUT2D eigenvalue weighted by Crippen LogP contribution is -2.33. The first-order chi connectivity index (χ1) is 5.88. The summed E-state index contributed by atoms with van der Waals surface area (Å²) in [5, 5.41) is 17.6. The molecule has 0 aliphatic carbocycles. The third kappa shape index (κ3) is 2.73. The second-order valence-corrected chi connectivity index (χ2v) is 3.45. The molecule has 12 heavy (non-hydrogen) atoms. The predicted octanol–water partition coefficient (Wildman–Crippen LogP) is 0.216. The van der Waals surface area contributed by atoms with Gasteiger partial charge in [-0.15, -0.1) is 0 Å². The minimum atomic E-state index is 0.289. The molecule has 1 saturated heterocycles. The Morgan fingerprint density at radius 3 is 2.75 bits per heavy atom. The molecule has 0 aromatic heterocycles. The van der Waals surface area contributed by atoms with E-state index in [1.807, 2.05) is 0 Å². The van der Waals surface area contributed by atoms with Gasteiger partial charge in [0.05, 0.1) is 6.61 Å². The molecule has 0 bridgehead atoms. The molecule has 0 aromatic carbocycles. The first-order valence-corrected chi connectivity index (χ1v) is 4.84. The zero-order chi connectivity index (χ0) is 8.81. The van der Waals surface area contributed by atoms with Crippen molar-refractivity contribution in [3.8, 4) is 0 Å². The summed E-state index contributed by atoms with van der Waals surface area (Å²) in [5.41, 5.74) is 0. The zero-order valence-corrected chi connectivity index (χ0v) is 7.58. The Bertz CT molecular complexity index is 119. The Morgan fingerprint density at radius 1 is 1.25 bits per heavy atom. The molecule has 1 aliphatic rings. The molecule has 2 N–H and O–H groups in total. The smallest absolute Gasteiger partial charge is 0.0586 e. The van der Waals surface area contributed by atoms with Crippen LogP contribution in [0.15, 0.2) is 0 Å². The molecule has 1 heterocycles. The maximum absolute atomic E-state index is 9.00. The van der Waals surface area contributed by atoms with Crippen LogP contribution in [-0.4, -0.2) is 47.5 Å².